The summed E-state index contributed by atoms with van der Waals surface area (Å²) >= 11 is 0. The first kappa shape index (κ1) is 22.2. The van der Waals surface area contributed by atoms with E-state index in [4.69, 9.17) is 4.98 Å². The van der Waals surface area contributed by atoms with Crippen LogP contribution in [0.4, 0.5) is 0 Å². The molecule has 0 aliphatic carbocycles. The quantitative estimate of drug-likeness (QED) is 0.474. The van der Waals surface area contributed by atoms with Crippen LogP contribution in [0, 0.1) is 13.8 Å². The van der Waals surface area contributed by atoms with E-state index in [0.717, 1.165) is 16.8 Å². The molecule has 174 valence electrons. The predicted octanol–water partition coefficient (Wildman–Crippen LogP) is 3.40. The predicted molar refractivity (Wildman–Crippen MR) is 130 cm³/mol. The fourth-order valence-corrected chi connectivity index (χ4v) is 6.14. The number of nitrogens with zero attached hydrogens (tertiary/aromatic N) is 4. The molecule has 1 atom stereocenters. The number of hydrogen-bond acceptors (Lipinski definition) is 6. The fraction of sp³-hybridized carbons (Fsp3) is 0.280. The van der Waals surface area contributed by atoms with E-state index < -0.39 is 9.84 Å². The largest absolute Gasteiger partial charge is 0.345 e. The molecule has 3 aromatic heterocycles. The maximum Gasteiger partial charge on any atom is 0.272 e. The lowest BCUT2D eigenvalue weighted by Gasteiger charge is -2.15. The molecule has 1 amide bonds. The third kappa shape index (κ3) is 4.31. The van der Waals surface area contributed by atoms with Crippen molar-refractivity contribution < 1.29 is 13.2 Å². The van der Waals surface area contributed by atoms with Crippen LogP contribution in [0.25, 0.3) is 22.3 Å². The second-order valence-corrected chi connectivity index (χ2v) is 10.9. The van der Waals surface area contributed by atoms with E-state index in [0.29, 0.717) is 29.0 Å². The second kappa shape index (κ2) is 8.64. The van der Waals surface area contributed by atoms with Crippen molar-refractivity contribution in [1.29, 1.82) is 0 Å². The standard InChI is InChI=1S/C25H25N5O3S/c1-16-6-8-18(9-7-16)21-13-22-23(28-17(2)30(22)20-10-12-34(32,33)15-20)24(29-21)25(31)27-14-19-5-3-4-11-26-19/h3-9,11,13,20H,10,12,14-15H2,1-2H3,(H,27,31). The summed E-state index contributed by atoms with van der Waals surface area (Å²) in [7, 11) is -3.09. The molecule has 1 aliphatic heterocycles. The van der Waals surface area contributed by atoms with E-state index in [1.54, 1.807) is 6.20 Å². The zero-order valence-electron chi connectivity index (χ0n) is 19.0. The number of amides is 1. The van der Waals surface area contributed by atoms with Gasteiger partial charge in [0.15, 0.2) is 15.5 Å². The number of rotatable bonds is 5. The average Bonchev–Trinajstić information content (AvgIpc) is 3.35. The molecule has 34 heavy (non-hydrogen) atoms. The van der Waals surface area contributed by atoms with E-state index >= 15 is 0 Å². The summed E-state index contributed by atoms with van der Waals surface area (Å²) < 4.78 is 26.3. The summed E-state index contributed by atoms with van der Waals surface area (Å²) in [5, 5.41) is 2.90. The molecule has 0 radical (unpaired) electrons. The van der Waals surface area contributed by atoms with Crippen molar-refractivity contribution in [3.05, 3.63) is 77.5 Å². The summed E-state index contributed by atoms with van der Waals surface area (Å²) in [6, 6.07) is 15.1. The number of aromatic nitrogens is 4. The Kier molecular flexibility index (Phi) is 5.65. The molecule has 1 aliphatic rings. The number of pyridine rings is 2. The smallest absolute Gasteiger partial charge is 0.272 e. The van der Waals surface area contributed by atoms with Gasteiger partial charge in [-0.25, -0.2) is 18.4 Å². The zero-order valence-corrected chi connectivity index (χ0v) is 19.8. The number of imidazole rings is 1. The lowest BCUT2D eigenvalue weighted by atomic mass is 10.1. The third-order valence-corrected chi connectivity index (χ3v) is 7.90. The lowest BCUT2D eigenvalue weighted by molar-refractivity contribution is 0.0947. The van der Waals surface area contributed by atoms with Crippen LogP contribution in [0.15, 0.2) is 54.7 Å². The number of carbonyl (C=O) groups excluding carboxylic acids is 1. The van der Waals surface area contributed by atoms with E-state index in [1.165, 1.54) is 0 Å². The van der Waals surface area contributed by atoms with Gasteiger partial charge in [0.2, 0.25) is 0 Å². The molecular weight excluding hydrogens is 450 g/mol. The Balaban J connectivity index is 1.62. The molecule has 8 nitrogen and oxygen atoms in total. The van der Waals surface area contributed by atoms with Gasteiger partial charge < -0.3 is 9.88 Å². The summed E-state index contributed by atoms with van der Waals surface area (Å²) in [6.45, 7) is 4.11. The zero-order chi connectivity index (χ0) is 23.9. The summed E-state index contributed by atoms with van der Waals surface area (Å²) in [5.74, 6) is 0.541. The highest BCUT2D eigenvalue weighted by Crippen LogP contribution is 2.32. The van der Waals surface area contributed by atoms with Crippen molar-refractivity contribution in [1.82, 2.24) is 24.8 Å². The van der Waals surface area contributed by atoms with Gasteiger partial charge in [0, 0.05) is 11.8 Å². The first-order valence-corrected chi connectivity index (χ1v) is 13.0. The van der Waals surface area contributed by atoms with Crippen LogP contribution < -0.4 is 5.32 Å². The molecular formula is C25H25N5O3S. The molecule has 1 saturated heterocycles. The monoisotopic (exact) mass is 475 g/mol. The molecule has 1 N–H and O–H groups in total. The normalized spacial score (nSPS) is 17.2. The molecule has 4 heterocycles. The minimum Gasteiger partial charge on any atom is -0.345 e. The van der Waals surface area contributed by atoms with Gasteiger partial charge >= 0.3 is 0 Å². The number of benzene rings is 1. The highest BCUT2D eigenvalue weighted by atomic mass is 32.2. The third-order valence-electron chi connectivity index (χ3n) is 6.15. The van der Waals surface area contributed by atoms with Crippen LogP contribution in [0.3, 0.4) is 0 Å². The molecule has 0 spiro atoms. The van der Waals surface area contributed by atoms with Gasteiger partial charge in [0.1, 0.15) is 11.3 Å². The van der Waals surface area contributed by atoms with Crippen LogP contribution >= 0.6 is 0 Å². The maximum absolute atomic E-state index is 13.3. The first-order chi connectivity index (χ1) is 16.3. The second-order valence-electron chi connectivity index (χ2n) is 8.68. The SMILES string of the molecule is Cc1ccc(-c2cc3c(nc(C)n3C3CCS(=O)(=O)C3)c(C(=O)NCc3ccccn3)n2)cc1. The number of fused-ring (bicyclic) bond motifs is 1. The Labute approximate surface area is 198 Å². The van der Waals surface area contributed by atoms with Crippen LogP contribution in [0.5, 0.6) is 0 Å². The topological polar surface area (TPSA) is 107 Å². The molecule has 0 bridgehead atoms. The van der Waals surface area contributed by atoms with E-state index in [1.807, 2.05) is 66.9 Å². The maximum atomic E-state index is 13.3. The fourth-order valence-electron chi connectivity index (χ4n) is 4.44. The Morgan fingerprint density at radius 2 is 1.91 bits per heavy atom. The van der Waals surface area contributed by atoms with Crippen molar-refractivity contribution in [2.24, 2.45) is 0 Å². The van der Waals surface area contributed by atoms with Gasteiger partial charge in [0.05, 0.1) is 41.0 Å². The molecule has 1 fully saturated rings. The number of carbonyl (C=O) groups is 1. The van der Waals surface area contributed by atoms with Crippen LogP contribution in [-0.2, 0) is 16.4 Å². The molecule has 1 aromatic carbocycles. The number of sulfone groups is 1. The van der Waals surface area contributed by atoms with Gasteiger partial charge in [-0.05, 0) is 38.5 Å². The lowest BCUT2D eigenvalue weighted by Crippen LogP contribution is -2.25. The Morgan fingerprint density at radius 3 is 2.59 bits per heavy atom. The van der Waals surface area contributed by atoms with Gasteiger partial charge in [0.25, 0.3) is 5.91 Å². The van der Waals surface area contributed by atoms with E-state index in [-0.39, 0.29) is 35.7 Å². The highest BCUT2D eigenvalue weighted by Gasteiger charge is 2.32. The van der Waals surface area contributed by atoms with E-state index in [2.05, 4.69) is 15.3 Å². The number of hydrogen-bond donors (Lipinski definition) is 1. The summed E-state index contributed by atoms with van der Waals surface area (Å²) in [5.41, 5.74) is 4.76. The van der Waals surface area contributed by atoms with Crippen molar-refractivity contribution in [3.8, 4) is 11.3 Å². The van der Waals surface area contributed by atoms with Gasteiger partial charge in [-0.2, -0.15) is 0 Å². The van der Waals surface area contributed by atoms with Crippen molar-refractivity contribution in [2.45, 2.75) is 32.9 Å². The highest BCUT2D eigenvalue weighted by molar-refractivity contribution is 7.91. The minimum atomic E-state index is -3.09. The van der Waals surface area contributed by atoms with Crippen LogP contribution in [-0.4, -0.2) is 45.3 Å². The Hall–Kier alpha value is -3.59. The molecule has 1 unspecified atom stereocenters. The van der Waals surface area contributed by atoms with Crippen LogP contribution in [0.1, 0.15) is 40.0 Å². The van der Waals surface area contributed by atoms with Crippen molar-refractivity contribution in [3.63, 3.8) is 0 Å². The minimum absolute atomic E-state index is 0.0721. The Bertz CT molecular complexity index is 1480. The molecule has 0 saturated carbocycles. The summed E-state index contributed by atoms with van der Waals surface area (Å²) in [6.07, 6.45) is 2.20. The summed E-state index contributed by atoms with van der Waals surface area (Å²) in [4.78, 5) is 26.9. The average molecular weight is 476 g/mol. The van der Waals surface area contributed by atoms with Crippen molar-refractivity contribution >= 4 is 26.8 Å². The van der Waals surface area contributed by atoms with Crippen molar-refractivity contribution in [2.75, 3.05) is 11.5 Å². The number of aryl methyl sites for hydroxylation is 2. The molecule has 9 heteroatoms. The van der Waals surface area contributed by atoms with Gasteiger partial charge in [-0.15, -0.1) is 0 Å². The van der Waals surface area contributed by atoms with Gasteiger partial charge in [-0.1, -0.05) is 35.9 Å². The first-order valence-electron chi connectivity index (χ1n) is 11.2. The molecule has 5 rings (SSSR count). The van der Waals surface area contributed by atoms with E-state index in [9.17, 15) is 13.2 Å². The molecule has 4 aromatic rings. The van der Waals surface area contributed by atoms with Crippen LogP contribution in [0.2, 0.25) is 0 Å². The van der Waals surface area contributed by atoms with Gasteiger partial charge in [-0.3, -0.25) is 9.78 Å². The Morgan fingerprint density at radius 1 is 1.12 bits per heavy atom. The number of nitrogens with one attached hydrogen (secondary N) is 1.